The van der Waals surface area contributed by atoms with Crippen LogP contribution in [0.5, 0.6) is 0 Å². The normalized spacial score (nSPS) is 9.89. The number of aromatic nitrogens is 2. The number of hydrogen-bond donors (Lipinski definition) is 2. The van der Waals surface area contributed by atoms with Crippen LogP contribution in [0.15, 0.2) is 15.7 Å². The lowest BCUT2D eigenvalue weighted by molar-refractivity contribution is -0.145. The number of nitrogens with zero attached hydrogens (tertiary/aromatic N) is 1. The van der Waals surface area contributed by atoms with Crippen LogP contribution in [0, 0.1) is 0 Å². The molecule has 1 aromatic heterocycles. The highest BCUT2D eigenvalue weighted by Gasteiger charge is 2.14. The molecule has 0 aliphatic carbocycles. The first-order valence-electron chi connectivity index (χ1n) is 5.05. The number of aromatic amines is 2. The van der Waals surface area contributed by atoms with Gasteiger partial charge in [-0.05, 0) is 0 Å². The average Bonchev–Trinajstić information content (AvgIpc) is 2.27. The number of ether oxygens (including phenoxy) is 1. The summed E-state index contributed by atoms with van der Waals surface area (Å²) in [5.41, 5.74) is -1.08. The molecule has 1 aromatic rings. The Morgan fingerprint density at radius 1 is 1.33 bits per heavy atom. The minimum Gasteiger partial charge on any atom is -0.468 e. The zero-order chi connectivity index (χ0) is 13.7. The van der Waals surface area contributed by atoms with Crippen LogP contribution in [0.4, 0.5) is 0 Å². The molecule has 0 aromatic carbocycles. The SMILES string of the molecule is COC(=O)CN(C)C(=O)Cc1cc(=O)[nH]c(=O)[nH]1. The summed E-state index contributed by atoms with van der Waals surface area (Å²) >= 11 is 0. The monoisotopic (exact) mass is 255 g/mol. The molecular formula is C10H13N3O5. The standard InChI is InChI=1S/C10H13N3O5/c1-13(5-9(16)18-2)8(15)4-6-3-7(14)12-10(17)11-6/h3H,4-5H2,1-2H3,(H2,11,12,14,17). The molecular weight excluding hydrogens is 242 g/mol. The number of carbonyl (C=O) groups excluding carboxylic acids is 2. The molecule has 8 heteroatoms. The van der Waals surface area contributed by atoms with Gasteiger partial charge >= 0.3 is 11.7 Å². The van der Waals surface area contributed by atoms with Crippen molar-refractivity contribution in [2.75, 3.05) is 20.7 Å². The molecule has 0 radical (unpaired) electrons. The number of esters is 1. The number of nitrogens with one attached hydrogen (secondary N) is 2. The summed E-state index contributed by atoms with van der Waals surface area (Å²) in [5, 5.41) is 0. The smallest absolute Gasteiger partial charge is 0.325 e. The van der Waals surface area contributed by atoms with E-state index in [1.165, 1.54) is 14.2 Å². The number of hydrogen-bond acceptors (Lipinski definition) is 5. The highest BCUT2D eigenvalue weighted by Crippen LogP contribution is 1.94. The summed E-state index contributed by atoms with van der Waals surface area (Å²) in [6.45, 7) is -0.192. The van der Waals surface area contributed by atoms with Crippen LogP contribution in [0.3, 0.4) is 0 Å². The van der Waals surface area contributed by atoms with Gasteiger partial charge in [-0.15, -0.1) is 0 Å². The molecule has 18 heavy (non-hydrogen) atoms. The number of carbonyl (C=O) groups is 2. The largest absolute Gasteiger partial charge is 0.468 e. The van der Waals surface area contributed by atoms with Gasteiger partial charge in [-0.3, -0.25) is 19.4 Å². The molecule has 0 unspecified atom stereocenters. The summed E-state index contributed by atoms with van der Waals surface area (Å²) in [6.07, 6.45) is -0.174. The Bertz CT molecular complexity index is 531. The van der Waals surface area contributed by atoms with E-state index in [9.17, 15) is 19.2 Å². The lowest BCUT2D eigenvalue weighted by atomic mass is 10.2. The quantitative estimate of drug-likeness (QED) is 0.619. The molecule has 1 rings (SSSR count). The van der Waals surface area contributed by atoms with E-state index in [4.69, 9.17) is 0 Å². The molecule has 0 saturated carbocycles. The van der Waals surface area contributed by atoms with Gasteiger partial charge in [0.15, 0.2) is 0 Å². The Balaban J connectivity index is 2.72. The molecule has 0 atom stereocenters. The minimum absolute atomic E-state index is 0.174. The fraction of sp³-hybridized carbons (Fsp3) is 0.400. The van der Waals surface area contributed by atoms with E-state index in [0.29, 0.717) is 0 Å². The molecule has 0 aliphatic heterocycles. The van der Waals surface area contributed by atoms with Gasteiger partial charge in [-0.25, -0.2) is 4.79 Å². The molecule has 0 spiro atoms. The predicted molar refractivity (Wildman–Crippen MR) is 61.0 cm³/mol. The van der Waals surface area contributed by atoms with Gasteiger partial charge < -0.3 is 14.6 Å². The zero-order valence-corrected chi connectivity index (χ0v) is 9.98. The third kappa shape index (κ3) is 3.89. The molecule has 0 saturated heterocycles. The summed E-state index contributed by atoms with van der Waals surface area (Å²) < 4.78 is 4.41. The van der Waals surface area contributed by atoms with Gasteiger partial charge in [0.1, 0.15) is 6.54 Å². The van der Waals surface area contributed by atoms with Gasteiger partial charge in [0.05, 0.1) is 13.5 Å². The lowest BCUT2D eigenvalue weighted by Crippen LogP contribution is -2.34. The average molecular weight is 255 g/mol. The first-order valence-corrected chi connectivity index (χ1v) is 5.05. The van der Waals surface area contributed by atoms with E-state index in [-0.39, 0.29) is 18.7 Å². The van der Waals surface area contributed by atoms with Gasteiger partial charge in [-0.1, -0.05) is 0 Å². The minimum atomic E-state index is -0.680. The van der Waals surface area contributed by atoms with E-state index in [1.807, 2.05) is 4.98 Å². The Morgan fingerprint density at radius 3 is 2.56 bits per heavy atom. The van der Waals surface area contributed by atoms with Crippen molar-refractivity contribution in [3.8, 4) is 0 Å². The van der Waals surface area contributed by atoms with Crippen molar-refractivity contribution in [3.63, 3.8) is 0 Å². The van der Waals surface area contributed by atoms with Crippen LogP contribution in [0.1, 0.15) is 5.69 Å². The van der Waals surface area contributed by atoms with Crippen molar-refractivity contribution >= 4 is 11.9 Å². The second-order valence-corrected chi connectivity index (χ2v) is 3.62. The van der Waals surface area contributed by atoms with Crippen LogP contribution >= 0.6 is 0 Å². The van der Waals surface area contributed by atoms with Crippen LogP contribution in [0.2, 0.25) is 0 Å². The molecule has 0 aliphatic rings. The summed E-state index contributed by atoms with van der Waals surface area (Å²) in [4.78, 5) is 50.1. The molecule has 2 N–H and O–H groups in total. The van der Waals surface area contributed by atoms with Crippen molar-refractivity contribution in [1.82, 2.24) is 14.9 Å². The maximum atomic E-state index is 11.7. The van der Waals surface area contributed by atoms with Crippen molar-refractivity contribution in [3.05, 3.63) is 32.6 Å². The summed E-state index contributed by atoms with van der Waals surface area (Å²) in [5.74, 6) is -0.966. The second-order valence-electron chi connectivity index (χ2n) is 3.62. The van der Waals surface area contributed by atoms with Crippen molar-refractivity contribution < 1.29 is 14.3 Å². The topological polar surface area (TPSA) is 112 Å². The third-order valence-electron chi connectivity index (χ3n) is 2.18. The first-order chi connectivity index (χ1) is 8.42. The van der Waals surface area contributed by atoms with E-state index in [0.717, 1.165) is 11.0 Å². The number of rotatable bonds is 4. The van der Waals surface area contributed by atoms with Gasteiger partial charge in [-0.2, -0.15) is 0 Å². The number of methoxy groups -OCH3 is 1. The molecule has 1 amide bonds. The summed E-state index contributed by atoms with van der Waals surface area (Å²) in [7, 11) is 2.64. The first kappa shape index (κ1) is 13.7. The lowest BCUT2D eigenvalue weighted by Gasteiger charge is -2.15. The van der Waals surface area contributed by atoms with Crippen molar-refractivity contribution in [2.45, 2.75) is 6.42 Å². The van der Waals surface area contributed by atoms with Crippen LogP contribution in [-0.2, 0) is 20.7 Å². The Labute approximate surface area is 102 Å². The maximum Gasteiger partial charge on any atom is 0.325 e. The fourth-order valence-electron chi connectivity index (χ4n) is 1.26. The predicted octanol–water partition coefficient (Wildman–Crippen LogP) is -1.76. The molecule has 98 valence electrons. The molecule has 1 heterocycles. The molecule has 0 bridgehead atoms. The van der Waals surface area contributed by atoms with E-state index in [2.05, 4.69) is 9.72 Å². The van der Waals surface area contributed by atoms with Crippen LogP contribution < -0.4 is 11.2 Å². The Morgan fingerprint density at radius 2 is 2.00 bits per heavy atom. The van der Waals surface area contributed by atoms with Crippen molar-refractivity contribution in [2.24, 2.45) is 0 Å². The number of likely N-dealkylation sites (N-methyl/N-ethyl adjacent to an activating group) is 1. The summed E-state index contributed by atoms with van der Waals surface area (Å²) in [6, 6.07) is 1.12. The van der Waals surface area contributed by atoms with E-state index < -0.39 is 23.1 Å². The second kappa shape index (κ2) is 5.80. The van der Waals surface area contributed by atoms with Crippen LogP contribution in [-0.4, -0.2) is 47.4 Å². The Hall–Kier alpha value is -2.38. The zero-order valence-electron chi connectivity index (χ0n) is 9.98. The van der Waals surface area contributed by atoms with E-state index >= 15 is 0 Å². The number of amides is 1. The third-order valence-corrected chi connectivity index (χ3v) is 2.18. The van der Waals surface area contributed by atoms with Gasteiger partial charge in [0.2, 0.25) is 5.91 Å². The Kier molecular flexibility index (Phi) is 4.41. The van der Waals surface area contributed by atoms with E-state index in [1.54, 1.807) is 0 Å². The molecule has 8 nitrogen and oxygen atoms in total. The maximum absolute atomic E-state index is 11.7. The van der Waals surface area contributed by atoms with Crippen molar-refractivity contribution in [1.29, 1.82) is 0 Å². The highest BCUT2D eigenvalue weighted by atomic mass is 16.5. The number of H-pyrrole nitrogens is 2. The van der Waals surface area contributed by atoms with Gasteiger partial charge in [0, 0.05) is 18.8 Å². The highest BCUT2D eigenvalue weighted by molar-refractivity contribution is 5.82. The van der Waals surface area contributed by atoms with Crippen LogP contribution in [0.25, 0.3) is 0 Å². The molecule has 0 fully saturated rings. The fourth-order valence-corrected chi connectivity index (χ4v) is 1.26. The van der Waals surface area contributed by atoms with Gasteiger partial charge in [0.25, 0.3) is 5.56 Å².